The summed E-state index contributed by atoms with van der Waals surface area (Å²) in [5.74, 6) is 0.789. The Hall–Kier alpha value is -2.69. The third kappa shape index (κ3) is 2.77. The summed E-state index contributed by atoms with van der Waals surface area (Å²) in [5.41, 5.74) is 2.01. The van der Waals surface area contributed by atoms with Crippen LogP contribution in [0.4, 0.5) is 0 Å². The number of nitrogens with zero attached hydrogens (tertiary/aromatic N) is 4. The van der Waals surface area contributed by atoms with E-state index in [9.17, 15) is 0 Å². The summed E-state index contributed by atoms with van der Waals surface area (Å²) in [4.78, 5) is 0. The third-order valence-electron chi connectivity index (χ3n) is 2.68. The van der Waals surface area contributed by atoms with Gasteiger partial charge in [-0.3, -0.25) is 0 Å². The van der Waals surface area contributed by atoms with E-state index >= 15 is 0 Å². The van der Waals surface area contributed by atoms with E-state index in [1.807, 2.05) is 54.6 Å². The molecule has 0 amide bonds. The average Bonchev–Trinajstić information content (AvgIpc) is 3.01. The Labute approximate surface area is 110 Å². The fourth-order valence-electron chi connectivity index (χ4n) is 1.74. The summed E-state index contributed by atoms with van der Waals surface area (Å²) in [6.07, 6.45) is 1.55. The molecule has 0 aliphatic rings. The normalized spacial score (nSPS) is 10.3. The lowest BCUT2D eigenvalue weighted by Crippen LogP contribution is -1.98. The molecule has 5 nitrogen and oxygen atoms in total. The van der Waals surface area contributed by atoms with Crippen LogP contribution in [-0.2, 0) is 6.61 Å². The molecule has 1 heterocycles. The first-order valence-electron chi connectivity index (χ1n) is 5.92. The zero-order valence-electron chi connectivity index (χ0n) is 10.2. The molecule has 0 unspecified atom stereocenters. The molecule has 94 valence electrons. The standard InChI is InChI=1S/C14H12N4O/c1-2-5-12(6-3-1)10-19-14-8-4-7-13(9-14)18-11-15-16-17-18/h1-9,11H,10H2. The number of aromatic nitrogens is 4. The maximum absolute atomic E-state index is 5.75. The van der Waals surface area contributed by atoms with Gasteiger partial charge >= 0.3 is 0 Å². The highest BCUT2D eigenvalue weighted by molar-refractivity contribution is 5.38. The first kappa shape index (κ1) is 11.4. The van der Waals surface area contributed by atoms with Gasteiger partial charge in [0, 0.05) is 6.07 Å². The van der Waals surface area contributed by atoms with Gasteiger partial charge < -0.3 is 4.74 Å². The molecule has 5 heteroatoms. The van der Waals surface area contributed by atoms with Gasteiger partial charge in [0.05, 0.1) is 5.69 Å². The number of ether oxygens (including phenoxy) is 1. The second-order valence-corrected chi connectivity index (χ2v) is 4.03. The molecule has 19 heavy (non-hydrogen) atoms. The molecule has 0 radical (unpaired) electrons. The first-order chi connectivity index (χ1) is 9.42. The Bertz CT molecular complexity index is 638. The first-order valence-corrected chi connectivity index (χ1v) is 5.92. The van der Waals surface area contributed by atoms with Crippen LogP contribution >= 0.6 is 0 Å². The molecular formula is C14H12N4O. The van der Waals surface area contributed by atoms with Crippen LogP contribution in [0.1, 0.15) is 5.56 Å². The molecule has 0 fully saturated rings. The van der Waals surface area contributed by atoms with Gasteiger partial charge in [-0.2, -0.15) is 0 Å². The summed E-state index contributed by atoms with van der Waals surface area (Å²) in [5, 5.41) is 11.1. The van der Waals surface area contributed by atoms with Crippen LogP contribution < -0.4 is 4.74 Å². The Morgan fingerprint density at radius 3 is 2.68 bits per heavy atom. The second kappa shape index (κ2) is 5.30. The lowest BCUT2D eigenvalue weighted by Gasteiger charge is -2.07. The SMILES string of the molecule is c1ccc(COc2cccc(-n3cnnn3)c2)cc1. The van der Waals surface area contributed by atoms with E-state index in [1.165, 1.54) is 0 Å². The Morgan fingerprint density at radius 2 is 1.89 bits per heavy atom. The molecule has 3 rings (SSSR count). The second-order valence-electron chi connectivity index (χ2n) is 4.03. The number of hydrogen-bond acceptors (Lipinski definition) is 4. The van der Waals surface area contributed by atoms with E-state index < -0.39 is 0 Å². The quantitative estimate of drug-likeness (QED) is 0.714. The fraction of sp³-hybridized carbons (Fsp3) is 0.0714. The van der Waals surface area contributed by atoms with E-state index in [0.717, 1.165) is 17.0 Å². The zero-order chi connectivity index (χ0) is 12.9. The Balaban J connectivity index is 1.74. The number of rotatable bonds is 4. The monoisotopic (exact) mass is 252 g/mol. The highest BCUT2D eigenvalue weighted by Crippen LogP contribution is 2.17. The van der Waals surface area contributed by atoms with Crippen LogP contribution in [0.2, 0.25) is 0 Å². The van der Waals surface area contributed by atoms with Gasteiger partial charge in [0.1, 0.15) is 18.7 Å². The predicted octanol–water partition coefficient (Wildman–Crippen LogP) is 2.24. The van der Waals surface area contributed by atoms with Gasteiger partial charge in [-0.15, -0.1) is 5.10 Å². The Morgan fingerprint density at radius 1 is 1.00 bits per heavy atom. The van der Waals surface area contributed by atoms with Gasteiger partial charge in [-0.25, -0.2) is 4.68 Å². The van der Waals surface area contributed by atoms with Crippen LogP contribution in [0.5, 0.6) is 5.75 Å². The minimum Gasteiger partial charge on any atom is -0.489 e. The largest absolute Gasteiger partial charge is 0.489 e. The van der Waals surface area contributed by atoms with Crippen LogP contribution in [0, 0.1) is 0 Å². The molecule has 1 aromatic heterocycles. The van der Waals surface area contributed by atoms with E-state index in [2.05, 4.69) is 15.5 Å². The predicted molar refractivity (Wildman–Crippen MR) is 69.9 cm³/mol. The van der Waals surface area contributed by atoms with Gasteiger partial charge in [-0.1, -0.05) is 36.4 Å². The molecule has 0 spiro atoms. The number of hydrogen-bond donors (Lipinski definition) is 0. The molecule has 0 atom stereocenters. The lowest BCUT2D eigenvalue weighted by atomic mass is 10.2. The van der Waals surface area contributed by atoms with E-state index in [1.54, 1.807) is 11.0 Å². The van der Waals surface area contributed by atoms with Gasteiger partial charge in [-0.05, 0) is 28.1 Å². The smallest absolute Gasteiger partial charge is 0.143 e. The van der Waals surface area contributed by atoms with Crippen LogP contribution in [0.15, 0.2) is 60.9 Å². The van der Waals surface area contributed by atoms with Crippen LogP contribution in [-0.4, -0.2) is 20.2 Å². The van der Waals surface area contributed by atoms with Gasteiger partial charge in [0.2, 0.25) is 0 Å². The molecule has 0 saturated carbocycles. The highest BCUT2D eigenvalue weighted by atomic mass is 16.5. The minimum atomic E-state index is 0.542. The number of tetrazole rings is 1. The van der Waals surface area contributed by atoms with Crippen LogP contribution in [0.25, 0.3) is 5.69 Å². The average molecular weight is 252 g/mol. The summed E-state index contributed by atoms with van der Waals surface area (Å²) in [7, 11) is 0. The van der Waals surface area contributed by atoms with Gasteiger partial charge in [0.15, 0.2) is 0 Å². The van der Waals surface area contributed by atoms with E-state index in [4.69, 9.17) is 4.74 Å². The van der Waals surface area contributed by atoms with Crippen molar-refractivity contribution in [1.82, 2.24) is 20.2 Å². The van der Waals surface area contributed by atoms with Crippen molar-refractivity contribution in [3.63, 3.8) is 0 Å². The number of benzene rings is 2. The van der Waals surface area contributed by atoms with Crippen LogP contribution in [0.3, 0.4) is 0 Å². The molecule has 0 N–H and O–H groups in total. The molecule has 0 saturated heterocycles. The Kier molecular flexibility index (Phi) is 3.18. The minimum absolute atomic E-state index is 0.542. The molecule has 2 aromatic carbocycles. The highest BCUT2D eigenvalue weighted by Gasteiger charge is 2.00. The zero-order valence-corrected chi connectivity index (χ0v) is 10.2. The molecule has 3 aromatic rings. The maximum Gasteiger partial charge on any atom is 0.143 e. The van der Waals surface area contributed by atoms with Crippen molar-refractivity contribution < 1.29 is 4.74 Å². The summed E-state index contributed by atoms with van der Waals surface area (Å²) in [6, 6.07) is 17.7. The van der Waals surface area contributed by atoms with E-state index in [-0.39, 0.29) is 0 Å². The van der Waals surface area contributed by atoms with Crippen molar-refractivity contribution >= 4 is 0 Å². The summed E-state index contributed by atoms with van der Waals surface area (Å²) >= 11 is 0. The molecular weight excluding hydrogens is 240 g/mol. The van der Waals surface area contributed by atoms with Crippen molar-refractivity contribution in [2.45, 2.75) is 6.61 Å². The van der Waals surface area contributed by atoms with Crippen molar-refractivity contribution in [2.24, 2.45) is 0 Å². The lowest BCUT2D eigenvalue weighted by molar-refractivity contribution is 0.306. The summed E-state index contributed by atoms with van der Waals surface area (Å²) in [6.45, 7) is 0.542. The van der Waals surface area contributed by atoms with Crippen molar-refractivity contribution in [2.75, 3.05) is 0 Å². The maximum atomic E-state index is 5.75. The fourth-order valence-corrected chi connectivity index (χ4v) is 1.74. The molecule has 0 aliphatic carbocycles. The molecule has 0 aliphatic heterocycles. The van der Waals surface area contributed by atoms with Crippen molar-refractivity contribution in [3.05, 3.63) is 66.5 Å². The topological polar surface area (TPSA) is 52.8 Å². The summed E-state index contributed by atoms with van der Waals surface area (Å²) < 4.78 is 7.34. The van der Waals surface area contributed by atoms with Crippen molar-refractivity contribution in [1.29, 1.82) is 0 Å². The molecule has 0 bridgehead atoms. The third-order valence-corrected chi connectivity index (χ3v) is 2.68. The van der Waals surface area contributed by atoms with Crippen molar-refractivity contribution in [3.8, 4) is 11.4 Å². The van der Waals surface area contributed by atoms with Gasteiger partial charge in [0.25, 0.3) is 0 Å². The van der Waals surface area contributed by atoms with E-state index in [0.29, 0.717) is 6.61 Å².